The minimum Gasteiger partial charge on any atom is -0.465 e. The number of hydrogen-bond acceptors (Lipinski definition) is 6. The fourth-order valence-electron chi connectivity index (χ4n) is 2.51. The summed E-state index contributed by atoms with van der Waals surface area (Å²) in [6.07, 6.45) is 0. The van der Waals surface area contributed by atoms with Crippen molar-refractivity contribution in [2.45, 2.75) is 30.0 Å². The van der Waals surface area contributed by atoms with Gasteiger partial charge in [-0.1, -0.05) is 23.4 Å². The first kappa shape index (κ1) is 15.3. The van der Waals surface area contributed by atoms with Gasteiger partial charge >= 0.3 is 5.97 Å². The van der Waals surface area contributed by atoms with Gasteiger partial charge in [-0.3, -0.25) is 14.2 Å². The van der Waals surface area contributed by atoms with E-state index < -0.39 is 22.5 Å². The van der Waals surface area contributed by atoms with Gasteiger partial charge in [-0.05, 0) is 32.0 Å². The lowest BCUT2D eigenvalue weighted by molar-refractivity contribution is -0.150. The van der Waals surface area contributed by atoms with Crippen molar-refractivity contribution in [3.63, 3.8) is 0 Å². The molecule has 0 amide bonds. The van der Waals surface area contributed by atoms with E-state index in [1.54, 1.807) is 19.1 Å². The summed E-state index contributed by atoms with van der Waals surface area (Å²) in [6, 6.07) is 4.75. The largest absolute Gasteiger partial charge is 0.465 e. The van der Waals surface area contributed by atoms with Crippen molar-refractivity contribution in [1.82, 2.24) is 9.55 Å². The Kier molecular flexibility index (Phi) is 3.66. The first-order valence-electron chi connectivity index (χ1n) is 6.64. The van der Waals surface area contributed by atoms with Gasteiger partial charge in [0, 0.05) is 5.02 Å². The van der Waals surface area contributed by atoms with Crippen molar-refractivity contribution in [2.75, 3.05) is 6.61 Å². The number of ether oxygens (including phenoxy) is 1. The third kappa shape index (κ3) is 2.20. The molecule has 116 valence electrons. The number of hydrogen-bond donors (Lipinski definition) is 1. The highest BCUT2D eigenvalue weighted by molar-refractivity contribution is 8.00. The Morgan fingerprint density at radius 1 is 1.59 bits per heavy atom. The molecule has 0 spiro atoms. The van der Waals surface area contributed by atoms with Crippen molar-refractivity contribution >= 4 is 40.2 Å². The predicted octanol–water partition coefficient (Wildman–Crippen LogP) is 1.75. The van der Waals surface area contributed by atoms with E-state index in [1.807, 2.05) is 0 Å². The van der Waals surface area contributed by atoms with Crippen LogP contribution >= 0.6 is 23.4 Å². The van der Waals surface area contributed by atoms with Crippen LogP contribution < -0.4 is 5.56 Å². The third-order valence-electron chi connectivity index (χ3n) is 3.49. The lowest BCUT2D eigenvalue weighted by Gasteiger charge is -2.26. The van der Waals surface area contributed by atoms with E-state index >= 15 is 0 Å². The summed E-state index contributed by atoms with van der Waals surface area (Å²) < 4.78 is 6.47. The highest BCUT2D eigenvalue weighted by Gasteiger charge is 2.49. The number of carbonyl (C=O) groups excluding carboxylic acids is 1. The summed E-state index contributed by atoms with van der Waals surface area (Å²) in [7, 11) is 0. The topological polar surface area (TPSA) is 81.4 Å². The molecule has 1 aliphatic heterocycles. The number of esters is 1. The molecule has 1 aromatic carbocycles. The van der Waals surface area contributed by atoms with Crippen molar-refractivity contribution in [3.05, 3.63) is 33.6 Å². The molecule has 0 bridgehead atoms. The monoisotopic (exact) mass is 340 g/mol. The molecule has 0 saturated heterocycles. The second-order valence-electron chi connectivity index (χ2n) is 5.04. The molecule has 0 fully saturated rings. The molecule has 3 rings (SSSR count). The van der Waals surface area contributed by atoms with Crippen molar-refractivity contribution in [2.24, 2.45) is 0 Å². The quantitative estimate of drug-likeness (QED) is 0.662. The van der Waals surface area contributed by atoms with Gasteiger partial charge in [0.15, 0.2) is 16.1 Å². The lowest BCUT2D eigenvalue weighted by atomic mass is 10.1. The van der Waals surface area contributed by atoms with Crippen LogP contribution in [0.3, 0.4) is 0 Å². The van der Waals surface area contributed by atoms with Crippen LogP contribution in [0.5, 0.6) is 0 Å². The van der Waals surface area contributed by atoms with Gasteiger partial charge in [-0.25, -0.2) is 0 Å². The molecule has 2 atom stereocenters. The number of rotatable bonds is 2. The van der Waals surface area contributed by atoms with E-state index in [0.29, 0.717) is 15.9 Å². The second kappa shape index (κ2) is 5.26. The normalized spacial score (nSPS) is 23.5. The minimum absolute atomic E-state index is 0.212. The molecular weight excluding hydrogens is 328 g/mol. The number of benzene rings is 1. The number of halogens is 1. The molecule has 8 heteroatoms. The molecule has 1 aromatic heterocycles. The maximum atomic E-state index is 12.1. The van der Waals surface area contributed by atoms with Crippen LogP contribution in [0.15, 0.2) is 28.2 Å². The van der Waals surface area contributed by atoms with Crippen LogP contribution in [0.25, 0.3) is 10.9 Å². The van der Waals surface area contributed by atoms with Gasteiger partial charge < -0.3 is 9.84 Å². The fraction of sp³-hybridized carbons (Fsp3) is 0.357. The highest BCUT2D eigenvalue weighted by Crippen LogP contribution is 2.43. The summed E-state index contributed by atoms with van der Waals surface area (Å²) in [5.74, 6) is -0.544. The van der Waals surface area contributed by atoms with Crippen LogP contribution in [-0.4, -0.2) is 32.5 Å². The third-order valence-corrected chi connectivity index (χ3v) is 5.09. The highest BCUT2D eigenvalue weighted by atomic mass is 35.5. The number of aliphatic hydroxyl groups is 1. The van der Waals surface area contributed by atoms with Gasteiger partial charge in [-0.15, -0.1) is 0 Å². The Balaban J connectivity index is 2.24. The Hall–Kier alpha value is -1.57. The molecule has 0 saturated carbocycles. The maximum Gasteiger partial charge on any atom is 0.324 e. The van der Waals surface area contributed by atoms with Gasteiger partial charge in [0.05, 0.1) is 17.5 Å². The number of fused-ring (bicyclic) bond motifs is 3. The summed E-state index contributed by atoms with van der Waals surface area (Å²) in [4.78, 5) is 28.1. The molecule has 22 heavy (non-hydrogen) atoms. The van der Waals surface area contributed by atoms with Gasteiger partial charge in [0.1, 0.15) is 0 Å². The summed E-state index contributed by atoms with van der Waals surface area (Å²) >= 11 is 6.93. The van der Waals surface area contributed by atoms with E-state index in [0.717, 1.165) is 11.8 Å². The lowest BCUT2D eigenvalue weighted by Crippen LogP contribution is -2.42. The number of carbonyl (C=O) groups is 1. The van der Waals surface area contributed by atoms with Crippen molar-refractivity contribution in [1.29, 1.82) is 0 Å². The van der Waals surface area contributed by atoms with Crippen LogP contribution in [0.2, 0.25) is 5.02 Å². The molecular formula is C14H13ClN2O4S. The molecule has 6 nitrogen and oxygen atoms in total. The first-order valence-corrected chi connectivity index (χ1v) is 7.90. The van der Waals surface area contributed by atoms with Crippen LogP contribution in [0, 0.1) is 0 Å². The zero-order valence-electron chi connectivity index (χ0n) is 11.9. The number of nitrogens with zero attached hydrogens (tertiary/aromatic N) is 2. The number of thioether (sulfide) groups is 1. The number of aromatic nitrogens is 2. The second-order valence-corrected chi connectivity index (χ2v) is 6.55. The van der Waals surface area contributed by atoms with Crippen LogP contribution in [-0.2, 0) is 15.3 Å². The Morgan fingerprint density at radius 2 is 2.32 bits per heavy atom. The van der Waals surface area contributed by atoms with E-state index in [4.69, 9.17) is 16.3 Å². The zero-order valence-corrected chi connectivity index (χ0v) is 13.4. The molecule has 1 aliphatic rings. The maximum absolute atomic E-state index is 12.1. The first-order chi connectivity index (χ1) is 10.4. The van der Waals surface area contributed by atoms with Crippen molar-refractivity contribution in [3.8, 4) is 0 Å². The SMILES string of the molecule is CCOC(=O)C1Sc2nc(=O)c3cc(Cl)ccc3n2C1(C)O. The van der Waals surface area contributed by atoms with E-state index in [1.165, 1.54) is 17.6 Å². The molecule has 2 heterocycles. The fourth-order valence-corrected chi connectivity index (χ4v) is 3.91. The summed E-state index contributed by atoms with van der Waals surface area (Å²) in [5, 5.41) is 10.9. The van der Waals surface area contributed by atoms with Gasteiger partial charge in [0.2, 0.25) is 0 Å². The zero-order chi connectivity index (χ0) is 16.1. The standard InChI is InChI=1S/C14H13ClN2O4S/c1-3-21-12(19)10-14(2,20)17-9-5-4-7(15)6-8(9)11(18)16-13(17)22-10/h4-6,10,20H,3H2,1-2H3. The Bertz CT molecular complexity index is 833. The average Bonchev–Trinajstić information content (AvgIpc) is 2.71. The van der Waals surface area contributed by atoms with E-state index in [2.05, 4.69) is 4.98 Å². The Morgan fingerprint density at radius 3 is 3.00 bits per heavy atom. The van der Waals surface area contributed by atoms with E-state index in [9.17, 15) is 14.7 Å². The van der Waals surface area contributed by atoms with Gasteiger partial charge in [-0.2, -0.15) is 4.98 Å². The van der Waals surface area contributed by atoms with E-state index in [-0.39, 0.29) is 11.8 Å². The average molecular weight is 341 g/mol. The molecule has 0 aliphatic carbocycles. The Labute approximate surface area is 135 Å². The van der Waals surface area contributed by atoms with Crippen LogP contribution in [0.1, 0.15) is 13.8 Å². The molecule has 2 unspecified atom stereocenters. The predicted molar refractivity (Wildman–Crippen MR) is 83.2 cm³/mol. The van der Waals surface area contributed by atoms with Gasteiger partial charge in [0.25, 0.3) is 5.56 Å². The smallest absolute Gasteiger partial charge is 0.324 e. The molecule has 0 radical (unpaired) electrons. The van der Waals surface area contributed by atoms with Crippen molar-refractivity contribution < 1.29 is 14.6 Å². The minimum atomic E-state index is -1.56. The summed E-state index contributed by atoms with van der Waals surface area (Å²) in [5.41, 5.74) is -1.53. The van der Waals surface area contributed by atoms with Crippen LogP contribution in [0.4, 0.5) is 0 Å². The molecule has 2 aromatic rings. The summed E-state index contributed by atoms with van der Waals surface area (Å²) in [6.45, 7) is 3.40. The molecule has 1 N–H and O–H groups in total.